The van der Waals surface area contributed by atoms with E-state index in [1.54, 1.807) is 24.3 Å². The molecule has 1 aromatic heterocycles. The highest BCUT2D eigenvalue weighted by Gasteiger charge is 2.17. The van der Waals surface area contributed by atoms with Gasteiger partial charge < -0.3 is 10.2 Å². The second-order valence-corrected chi connectivity index (χ2v) is 5.77. The van der Waals surface area contributed by atoms with Crippen molar-refractivity contribution in [3.05, 3.63) is 69.1 Å². The first-order chi connectivity index (χ1) is 9.54. The third kappa shape index (κ3) is 2.46. The summed E-state index contributed by atoms with van der Waals surface area (Å²) in [5.41, 5.74) is 7.68. The SMILES string of the molecule is NC(c1cc2cc(F)ccc2o1)c1ccc(Cl)cc1Br. The van der Waals surface area contributed by atoms with Gasteiger partial charge in [-0.2, -0.15) is 0 Å². The van der Waals surface area contributed by atoms with Crippen LogP contribution in [-0.4, -0.2) is 0 Å². The maximum Gasteiger partial charge on any atom is 0.134 e. The van der Waals surface area contributed by atoms with Crippen molar-refractivity contribution in [3.63, 3.8) is 0 Å². The van der Waals surface area contributed by atoms with Crippen LogP contribution in [0.3, 0.4) is 0 Å². The van der Waals surface area contributed by atoms with E-state index < -0.39 is 6.04 Å². The Bertz CT molecular complexity index is 787. The number of halogens is 3. The number of nitrogens with two attached hydrogens (primary N) is 1. The molecule has 0 spiro atoms. The monoisotopic (exact) mass is 353 g/mol. The maximum atomic E-state index is 13.2. The molecular formula is C15H10BrClFNO. The lowest BCUT2D eigenvalue weighted by atomic mass is 10.1. The Balaban J connectivity index is 2.05. The van der Waals surface area contributed by atoms with Crippen molar-refractivity contribution >= 4 is 38.5 Å². The highest BCUT2D eigenvalue weighted by Crippen LogP contribution is 2.32. The summed E-state index contributed by atoms with van der Waals surface area (Å²) in [7, 11) is 0. The molecule has 2 N–H and O–H groups in total. The van der Waals surface area contributed by atoms with Gasteiger partial charge in [-0.1, -0.05) is 33.6 Å². The van der Waals surface area contributed by atoms with Gasteiger partial charge in [0.05, 0.1) is 6.04 Å². The van der Waals surface area contributed by atoms with Crippen molar-refractivity contribution < 1.29 is 8.81 Å². The van der Waals surface area contributed by atoms with E-state index in [-0.39, 0.29) is 5.82 Å². The van der Waals surface area contributed by atoms with E-state index in [2.05, 4.69) is 15.9 Å². The number of hydrogen-bond acceptors (Lipinski definition) is 2. The molecule has 0 aliphatic heterocycles. The van der Waals surface area contributed by atoms with Gasteiger partial charge in [-0.05, 0) is 42.0 Å². The molecule has 1 heterocycles. The normalized spacial score (nSPS) is 12.8. The van der Waals surface area contributed by atoms with Gasteiger partial charge in [0.2, 0.25) is 0 Å². The summed E-state index contributed by atoms with van der Waals surface area (Å²) in [5, 5.41) is 1.32. The first-order valence-corrected chi connectivity index (χ1v) is 7.11. The summed E-state index contributed by atoms with van der Waals surface area (Å²) in [6, 6.07) is 11.1. The van der Waals surface area contributed by atoms with Gasteiger partial charge >= 0.3 is 0 Å². The number of rotatable bonds is 2. The van der Waals surface area contributed by atoms with Gasteiger partial charge in [0.25, 0.3) is 0 Å². The highest BCUT2D eigenvalue weighted by molar-refractivity contribution is 9.10. The minimum absolute atomic E-state index is 0.300. The summed E-state index contributed by atoms with van der Waals surface area (Å²) in [6.07, 6.45) is 0. The topological polar surface area (TPSA) is 39.2 Å². The fourth-order valence-electron chi connectivity index (χ4n) is 2.10. The van der Waals surface area contributed by atoms with E-state index in [1.807, 2.05) is 6.07 Å². The van der Waals surface area contributed by atoms with Gasteiger partial charge in [-0.15, -0.1) is 0 Å². The Morgan fingerprint density at radius 3 is 2.70 bits per heavy atom. The fraction of sp³-hybridized carbons (Fsp3) is 0.0667. The van der Waals surface area contributed by atoms with Gasteiger partial charge in [0.1, 0.15) is 17.2 Å². The quantitative estimate of drug-likeness (QED) is 0.700. The third-order valence-corrected chi connectivity index (χ3v) is 4.02. The Labute approximate surface area is 128 Å². The van der Waals surface area contributed by atoms with Crippen LogP contribution in [0, 0.1) is 5.82 Å². The first kappa shape index (κ1) is 13.6. The van der Waals surface area contributed by atoms with E-state index in [4.69, 9.17) is 21.8 Å². The average molecular weight is 355 g/mol. The molecule has 0 fully saturated rings. The Morgan fingerprint density at radius 2 is 1.95 bits per heavy atom. The Hall–Kier alpha value is -1.36. The summed E-state index contributed by atoms with van der Waals surface area (Å²) in [4.78, 5) is 0. The minimum atomic E-state index is -0.447. The molecular weight excluding hydrogens is 345 g/mol. The van der Waals surface area contributed by atoms with E-state index in [9.17, 15) is 4.39 Å². The molecule has 20 heavy (non-hydrogen) atoms. The molecule has 0 amide bonds. The lowest BCUT2D eigenvalue weighted by Crippen LogP contribution is -2.11. The van der Waals surface area contributed by atoms with Crippen molar-refractivity contribution in [3.8, 4) is 0 Å². The molecule has 1 atom stereocenters. The van der Waals surface area contributed by atoms with E-state index in [1.165, 1.54) is 12.1 Å². The second kappa shape index (κ2) is 5.20. The van der Waals surface area contributed by atoms with Crippen LogP contribution in [0.2, 0.25) is 5.02 Å². The van der Waals surface area contributed by atoms with E-state index in [0.29, 0.717) is 21.8 Å². The van der Waals surface area contributed by atoms with Crippen molar-refractivity contribution in [1.29, 1.82) is 0 Å². The molecule has 5 heteroatoms. The Kier molecular flexibility index (Phi) is 3.54. The van der Waals surface area contributed by atoms with Crippen molar-refractivity contribution in [2.75, 3.05) is 0 Å². The van der Waals surface area contributed by atoms with Crippen molar-refractivity contribution in [1.82, 2.24) is 0 Å². The van der Waals surface area contributed by atoms with Crippen LogP contribution >= 0.6 is 27.5 Å². The zero-order valence-corrected chi connectivity index (χ0v) is 12.6. The number of fused-ring (bicyclic) bond motifs is 1. The molecule has 1 unspecified atom stereocenters. The zero-order valence-electron chi connectivity index (χ0n) is 10.2. The average Bonchev–Trinajstić information content (AvgIpc) is 2.81. The highest BCUT2D eigenvalue weighted by atomic mass is 79.9. The molecule has 2 aromatic carbocycles. The van der Waals surface area contributed by atoms with Crippen molar-refractivity contribution in [2.45, 2.75) is 6.04 Å². The lowest BCUT2D eigenvalue weighted by Gasteiger charge is -2.11. The van der Waals surface area contributed by atoms with Crippen LogP contribution < -0.4 is 5.73 Å². The summed E-state index contributed by atoms with van der Waals surface area (Å²) in [5.74, 6) is 0.278. The maximum absolute atomic E-state index is 13.2. The predicted octanol–water partition coefficient (Wildman–Crippen LogP) is 5.04. The van der Waals surface area contributed by atoms with Gasteiger partial charge in [0, 0.05) is 14.9 Å². The van der Waals surface area contributed by atoms with E-state index in [0.717, 1.165) is 10.0 Å². The number of furan rings is 1. The first-order valence-electron chi connectivity index (χ1n) is 5.94. The molecule has 0 bridgehead atoms. The second-order valence-electron chi connectivity index (χ2n) is 4.47. The molecule has 3 rings (SSSR count). The minimum Gasteiger partial charge on any atom is -0.459 e. The standard InChI is InChI=1S/C15H10BrClFNO/c16-12-7-9(17)1-3-11(12)15(19)14-6-8-5-10(18)2-4-13(8)20-14/h1-7,15H,19H2. The molecule has 3 aromatic rings. The van der Waals surface area contributed by atoms with Gasteiger partial charge in [-0.3, -0.25) is 0 Å². The molecule has 0 radical (unpaired) electrons. The Morgan fingerprint density at radius 1 is 1.15 bits per heavy atom. The van der Waals surface area contributed by atoms with Crippen LogP contribution in [0.5, 0.6) is 0 Å². The number of benzene rings is 2. The molecule has 0 saturated carbocycles. The lowest BCUT2D eigenvalue weighted by molar-refractivity contribution is 0.524. The number of hydrogen-bond donors (Lipinski definition) is 1. The van der Waals surface area contributed by atoms with Gasteiger partial charge in [0.15, 0.2) is 0 Å². The molecule has 0 aliphatic rings. The predicted molar refractivity (Wildman–Crippen MR) is 81.4 cm³/mol. The van der Waals surface area contributed by atoms with Crippen LogP contribution in [0.4, 0.5) is 4.39 Å². The molecule has 0 aliphatic carbocycles. The largest absolute Gasteiger partial charge is 0.459 e. The summed E-state index contributed by atoms with van der Waals surface area (Å²) >= 11 is 9.35. The van der Waals surface area contributed by atoms with Gasteiger partial charge in [-0.25, -0.2) is 4.39 Å². The van der Waals surface area contributed by atoms with Crippen molar-refractivity contribution in [2.24, 2.45) is 5.73 Å². The van der Waals surface area contributed by atoms with E-state index >= 15 is 0 Å². The van der Waals surface area contributed by atoms with Crippen LogP contribution in [-0.2, 0) is 0 Å². The molecule has 102 valence electrons. The fourth-order valence-corrected chi connectivity index (χ4v) is 3.02. The zero-order chi connectivity index (χ0) is 14.3. The van der Waals surface area contributed by atoms with Crippen LogP contribution in [0.1, 0.15) is 17.4 Å². The third-order valence-electron chi connectivity index (χ3n) is 3.10. The van der Waals surface area contributed by atoms with Crippen LogP contribution in [0.25, 0.3) is 11.0 Å². The summed E-state index contributed by atoms with van der Waals surface area (Å²) < 4.78 is 19.7. The molecule has 0 saturated heterocycles. The van der Waals surface area contributed by atoms with Crippen LogP contribution in [0.15, 0.2) is 51.4 Å². The smallest absolute Gasteiger partial charge is 0.134 e. The summed E-state index contributed by atoms with van der Waals surface area (Å²) in [6.45, 7) is 0. The molecule has 2 nitrogen and oxygen atoms in total.